The zero-order valence-electron chi connectivity index (χ0n) is 15.2. The van der Waals surface area contributed by atoms with E-state index in [1.807, 2.05) is 61.5 Å². The minimum absolute atomic E-state index is 0.129. The number of methoxy groups -OCH3 is 1. The van der Waals surface area contributed by atoms with Crippen LogP contribution in [0.4, 0.5) is 0 Å². The SMILES string of the molecule is CC[C@@H](Oc1ccccc1)C(=O)NCc1nc(-c2cccc(OC)c2)no1. The molecule has 0 aliphatic heterocycles. The van der Waals surface area contributed by atoms with Crippen LogP contribution in [0.2, 0.25) is 0 Å². The van der Waals surface area contributed by atoms with Crippen LogP contribution in [-0.2, 0) is 11.3 Å². The van der Waals surface area contributed by atoms with E-state index in [2.05, 4.69) is 15.5 Å². The number of hydrogen-bond donors (Lipinski definition) is 1. The molecule has 1 aromatic heterocycles. The fourth-order valence-electron chi connectivity index (χ4n) is 2.47. The first-order chi connectivity index (χ1) is 13.2. The number of nitrogens with one attached hydrogen (secondary N) is 1. The zero-order valence-corrected chi connectivity index (χ0v) is 15.2. The van der Waals surface area contributed by atoms with Crippen molar-refractivity contribution in [2.75, 3.05) is 7.11 Å². The average Bonchev–Trinajstić information content (AvgIpc) is 3.20. The monoisotopic (exact) mass is 367 g/mol. The van der Waals surface area contributed by atoms with Crippen molar-refractivity contribution < 1.29 is 18.8 Å². The summed E-state index contributed by atoms with van der Waals surface area (Å²) in [6.07, 6.45) is -0.0484. The molecule has 0 radical (unpaired) electrons. The van der Waals surface area contributed by atoms with Crippen molar-refractivity contribution in [3.05, 3.63) is 60.5 Å². The highest BCUT2D eigenvalue weighted by molar-refractivity contribution is 5.80. The summed E-state index contributed by atoms with van der Waals surface area (Å²) < 4.78 is 16.1. The predicted octanol–water partition coefficient (Wildman–Crippen LogP) is 3.22. The molecule has 7 nitrogen and oxygen atoms in total. The molecule has 2 aromatic carbocycles. The maximum Gasteiger partial charge on any atom is 0.261 e. The van der Waals surface area contributed by atoms with Crippen molar-refractivity contribution in [3.63, 3.8) is 0 Å². The zero-order chi connectivity index (χ0) is 19.1. The van der Waals surface area contributed by atoms with E-state index in [1.54, 1.807) is 7.11 Å². The summed E-state index contributed by atoms with van der Waals surface area (Å²) in [6.45, 7) is 2.02. The summed E-state index contributed by atoms with van der Waals surface area (Å²) in [7, 11) is 1.60. The van der Waals surface area contributed by atoms with Gasteiger partial charge >= 0.3 is 0 Å². The lowest BCUT2D eigenvalue weighted by atomic mass is 10.2. The molecule has 0 aliphatic carbocycles. The third kappa shape index (κ3) is 4.84. The Balaban J connectivity index is 1.59. The number of carbonyl (C=O) groups is 1. The molecule has 3 aromatic rings. The Morgan fingerprint density at radius 1 is 1.15 bits per heavy atom. The van der Waals surface area contributed by atoms with Gasteiger partial charge < -0.3 is 19.3 Å². The van der Waals surface area contributed by atoms with Crippen LogP contribution in [-0.4, -0.2) is 29.3 Å². The lowest BCUT2D eigenvalue weighted by molar-refractivity contribution is -0.128. The van der Waals surface area contributed by atoms with Gasteiger partial charge in [-0.15, -0.1) is 0 Å². The van der Waals surface area contributed by atoms with Gasteiger partial charge in [0.25, 0.3) is 5.91 Å². The van der Waals surface area contributed by atoms with Gasteiger partial charge in [0.05, 0.1) is 13.7 Å². The third-order valence-corrected chi connectivity index (χ3v) is 3.89. The minimum atomic E-state index is -0.590. The molecule has 0 saturated carbocycles. The summed E-state index contributed by atoms with van der Waals surface area (Å²) in [5.41, 5.74) is 0.773. The van der Waals surface area contributed by atoms with E-state index < -0.39 is 6.10 Å². The molecule has 0 aliphatic rings. The summed E-state index contributed by atoms with van der Waals surface area (Å²) in [5, 5.41) is 6.72. The Morgan fingerprint density at radius 2 is 1.93 bits per heavy atom. The van der Waals surface area contributed by atoms with Crippen molar-refractivity contribution in [3.8, 4) is 22.9 Å². The van der Waals surface area contributed by atoms with Crippen molar-refractivity contribution in [1.29, 1.82) is 0 Å². The lowest BCUT2D eigenvalue weighted by Gasteiger charge is -2.16. The van der Waals surface area contributed by atoms with E-state index in [1.165, 1.54) is 0 Å². The van der Waals surface area contributed by atoms with E-state index >= 15 is 0 Å². The van der Waals surface area contributed by atoms with Gasteiger partial charge in [0.2, 0.25) is 11.7 Å². The molecular weight excluding hydrogens is 346 g/mol. The van der Waals surface area contributed by atoms with Gasteiger partial charge in [-0.25, -0.2) is 0 Å². The van der Waals surface area contributed by atoms with Crippen LogP contribution in [0, 0.1) is 0 Å². The second-order valence-electron chi connectivity index (χ2n) is 5.79. The number of rotatable bonds is 8. The van der Waals surface area contributed by atoms with Crippen molar-refractivity contribution in [1.82, 2.24) is 15.5 Å². The van der Waals surface area contributed by atoms with Crippen LogP contribution in [0.3, 0.4) is 0 Å². The molecule has 7 heteroatoms. The molecule has 0 unspecified atom stereocenters. The van der Waals surface area contributed by atoms with Crippen molar-refractivity contribution in [2.45, 2.75) is 26.0 Å². The van der Waals surface area contributed by atoms with Gasteiger partial charge in [-0.2, -0.15) is 4.98 Å². The molecule has 0 saturated heterocycles. The molecule has 1 heterocycles. The van der Waals surface area contributed by atoms with E-state index in [-0.39, 0.29) is 12.5 Å². The third-order valence-electron chi connectivity index (χ3n) is 3.89. The summed E-state index contributed by atoms with van der Waals surface area (Å²) in [5.74, 6) is 1.87. The predicted molar refractivity (Wildman–Crippen MR) is 99.3 cm³/mol. The number of ether oxygens (including phenoxy) is 2. The molecule has 0 bridgehead atoms. The number of nitrogens with zero attached hydrogens (tertiary/aromatic N) is 2. The Kier molecular flexibility index (Phi) is 6.04. The molecule has 1 N–H and O–H groups in total. The van der Waals surface area contributed by atoms with Gasteiger partial charge in [-0.1, -0.05) is 42.4 Å². The number of carbonyl (C=O) groups excluding carboxylic acids is 1. The first kappa shape index (κ1) is 18.4. The van der Waals surface area contributed by atoms with Crippen LogP contribution in [0.15, 0.2) is 59.1 Å². The van der Waals surface area contributed by atoms with Gasteiger partial charge in [-0.05, 0) is 30.7 Å². The lowest BCUT2D eigenvalue weighted by Crippen LogP contribution is -2.37. The summed E-state index contributed by atoms with van der Waals surface area (Å²) in [4.78, 5) is 16.7. The molecule has 27 heavy (non-hydrogen) atoms. The van der Waals surface area contributed by atoms with Crippen LogP contribution in [0.25, 0.3) is 11.4 Å². The molecule has 1 atom stereocenters. The maximum atomic E-state index is 12.4. The second kappa shape index (κ2) is 8.84. The number of hydrogen-bond acceptors (Lipinski definition) is 6. The van der Waals surface area contributed by atoms with E-state index in [9.17, 15) is 4.79 Å². The smallest absolute Gasteiger partial charge is 0.261 e. The van der Waals surface area contributed by atoms with Gasteiger partial charge in [0.15, 0.2) is 6.10 Å². The Bertz CT molecular complexity index is 880. The largest absolute Gasteiger partial charge is 0.497 e. The Hall–Kier alpha value is -3.35. The topological polar surface area (TPSA) is 86.5 Å². The Morgan fingerprint density at radius 3 is 2.67 bits per heavy atom. The number of aromatic nitrogens is 2. The van der Waals surface area contributed by atoms with Gasteiger partial charge in [0.1, 0.15) is 11.5 Å². The van der Waals surface area contributed by atoms with Gasteiger partial charge in [-0.3, -0.25) is 4.79 Å². The fraction of sp³-hybridized carbons (Fsp3) is 0.250. The fourth-order valence-corrected chi connectivity index (χ4v) is 2.47. The van der Waals surface area contributed by atoms with E-state index in [0.717, 1.165) is 5.56 Å². The van der Waals surface area contributed by atoms with E-state index in [0.29, 0.717) is 29.6 Å². The summed E-state index contributed by atoms with van der Waals surface area (Å²) in [6, 6.07) is 16.6. The van der Waals surface area contributed by atoms with Crippen LogP contribution < -0.4 is 14.8 Å². The molecule has 1 amide bonds. The first-order valence-electron chi connectivity index (χ1n) is 8.66. The van der Waals surface area contributed by atoms with Crippen LogP contribution in [0.5, 0.6) is 11.5 Å². The number of amides is 1. The molecular formula is C20H21N3O4. The van der Waals surface area contributed by atoms with Gasteiger partial charge in [0, 0.05) is 5.56 Å². The highest BCUT2D eigenvalue weighted by atomic mass is 16.5. The molecule has 0 spiro atoms. The minimum Gasteiger partial charge on any atom is -0.497 e. The molecule has 0 fully saturated rings. The van der Waals surface area contributed by atoms with Crippen molar-refractivity contribution >= 4 is 5.91 Å². The standard InChI is InChI=1S/C20H21N3O4/c1-3-17(26-15-9-5-4-6-10-15)20(24)21-13-18-22-19(23-27-18)14-8-7-11-16(12-14)25-2/h4-12,17H,3,13H2,1-2H3,(H,21,24)/t17-/m1/s1. The normalized spacial score (nSPS) is 11.6. The van der Waals surface area contributed by atoms with Crippen LogP contribution >= 0.6 is 0 Å². The number of para-hydroxylation sites is 1. The maximum absolute atomic E-state index is 12.4. The number of benzene rings is 2. The Labute approximate surface area is 157 Å². The molecule has 140 valence electrons. The highest BCUT2D eigenvalue weighted by Gasteiger charge is 2.19. The highest BCUT2D eigenvalue weighted by Crippen LogP contribution is 2.21. The van der Waals surface area contributed by atoms with Crippen LogP contribution in [0.1, 0.15) is 19.2 Å². The first-order valence-corrected chi connectivity index (χ1v) is 8.66. The van der Waals surface area contributed by atoms with E-state index in [4.69, 9.17) is 14.0 Å². The van der Waals surface area contributed by atoms with Crippen molar-refractivity contribution in [2.24, 2.45) is 0 Å². The summed E-state index contributed by atoms with van der Waals surface area (Å²) >= 11 is 0. The molecule has 3 rings (SSSR count). The second-order valence-corrected chi connectivity index (χ2v) is 5.79. The quantitative estimate of drug-likeness (QED) is 0.658. The average molecular weight is 367 g/mol.